The molecule has 0 aromatic heterocycles. The smallest absolute Gasteiger partial charge is 0.231 e. The van der Waals surface area contributed by atoms with Crippen LogP contribution in [0.15, 0.2) is 48.2 Å². The summed E-state index contributed by atoms with van der Waals surface area (Å²) in [5, 5.41) is 0. The van der Waals surface area contributed by atoms with Crippen LogP contribution in [-0.2, 0) is 0 Å². The third kappa shape index (κ3) is 2.18. The molecule has 20 heavy (non-hydrogen) atoms. The molecule has 0 atom stereocenters. The number of allylic oxidation sites excluding steroid dienone is 1. The lowest BCUT2D eigenvalue weighted by Gasteiger charge is -2.01. The number of methoxy groups -OCH3 is 1. The van der Waals surface area contributed by atoms with E-state index >= 15 is 0 Å². The molecule has 1 aliphatic rings. The standard InChI is InChI=1S/C17H14O3/c1-11-3-8-15-14(9-11)17(18)16(20-15)10-12-4-6-13(19-2)7-5-12/h3-10H,1-2H3. The topological polar surface area (TPSA) is 35.5 Å². The summed E-state index contributed by atoms with van der Waals surface area (Å²) in [6.07, 6.45) is 1.75. The summed E-state index contributed by atoms with van der Waals surface area (Å²) in [7, 11) is 1.62. The van der Waals surface area contributed by atoms with Crippen molar-refractivity contribution >= 4 is 11.9 Å². The molecule has 0 saturated carbocycles. The van der Waals surface area contributed by atoms with Gasteiger partial charge in [0, 0.05) is 0 Å². The molecule has 3 heteroatoms. The molecule has 0 amide bonds. The molecule has 1 heterocycles. The first-order chi connectivity index (χ1) is 9.67. The zero-order valence-electron chi connectivity index (χ0n) is 11.3. The molecule has 0 N–H and O–H groups in total. The van der Waals surface area contributed by atoms with Crippen LogP contribution in [0.5, 0.6) is 11.5 Å². The van der Waals surface area contributed by atoms with Gasteiger partial charge < -0.3 is 9.47 Å². The Kier molecular flexibility index (Phi) is 3.03. The van der Waals surface area contributed by atoms with Crippen molar-refractivity contribution in [1.82, 2.24) is 0 Å². The molecule has 100 valence electrons. The summed E-state index contributed by atoms with van der Waals surface area (Å²) < 4.78 is 10.7. The van der Waals surface area contributed by atoms with Gasteiger partial charge in [-0.1, -0.05) is 23.8 Å². The first-order valence-corrected chi connectivity index (χ1v) is 6.36. The van der Waals surface area contributed by atoms with Crippen LogP contribution in [0.3, 0.4) is 0 Å². The number of hydrogen-bond acceptors (Lipinski definition) is 3. The number of aryl methyl sites for hydroxylation is 1. The SMILES string of the molecule is COc1ccc(C=C2Oc3ccc(C)cc3C2=O)cc1. The lowest BCUT2D eigenvalue weighted by Crippen LogP contribution is -1.98. The van der Waals surface area contributed by atoms with Crippen molar-refractivity contribution in [1.29, 1.82) is 0 Å². The average molecular weight is 266 g/mol. The van der Waals surface area contributed by atoms with Crippen molar-refractivity contribution < 1.29 is 14.3 Å². The van der Waals surface area contributed by atoms with E-state index in [0.717, 1.165) is 16.9 Å². The van der Waals surface area contributed by atoms with E-state index < -0.39 is 0 Å². The molecule has 3 rings (SSSR count). The second kappa shape index (κ2) is 4.85. The van der Waals surface area contributed by atoms with Gasteiger partial charge in [0.2, 0.25) is 5.78 Å². The van der Waals surface area contributed by atoms with E-state index in [9.17, 15) is 4.79 Å². The molecule has 0 bridgehead atoms. The third-order valence-corrected chi connectivity index (χ3v) is 3.24. The Labute approximate surface area is 117 Å². The summed E-state index contributed by atoms with van der Waals surface area (Å²) in [6.45, 7) is 1.96. The van der Waals surface area contributed by atoms with E-state index in [1.165, 1.54) is 0 Å². The zero-order valence-corrected chi connectivity index (χ0v) is 11.3. The fourth-order valence-corrected chi connectivity index (χ4v) is 2.15. The number of carbonyl (C=O) groups is 1. The Hall–Kier alpha value is -2.55. The Balaban J connectivity index is 1.92. The molecule has 0 aliphatic carbocycles. The lowest BCUT2D eigenvalue weighted by molar-refractivity contribution is 0.101. The number of Topliss-reactive ketones (excluding diaryl/α,β-unsaturated/α-hetero) is 1. The van der Waals surface area contributed by atoms with Crippen LogP contribution in [0.2, 0.25) is 0 Å². The van der Waals surface area contributed by atoms with Crippen LogP contribution < -0.4 is 9.47 Å². The van der Waals surface area contributed by atoms with Gasteiger partial charge in [-0.2, -0.15) is 0 Å². The second-order valence-corrected chi connectivity index (χ2v) is 4.71. The van der Waals surface area contributed by atoms with Gasteiger partial charge in [0.15, 0.2) is 5.76 Å². The Morgan fingerprint density at radius 3 is 2.55 bits per heavy atom. The van der Waals surface area contributed by atoms with Gasteiger partial charge >= 0.3 is 0 Å². The molecular weight excluding hydrogens is 252 g/mol. The van der Waals surface area contributed by atoms with Crippen LogP contribution >= 0.6 is 0 Å². The first kappa shape index (κ1) is 12.5. The number of hydrogen-bond donors (Lipinski definition) is 0. The third-order valence-electron chi connectivity index (χ3n) is 3.24. The number of carbonyl (C=O) groups excluding carboxylic acids is 1. The van der Waals surface area contributed by atoms with Crippen molar-refractivity contribution in [2.75, 3.05) is 7.11 Å². The number of fused-ring (bicyclic) bond motifs is 1. The van der Waals surface area contributed by atoms with Crippen molar-refractivity contribution in [3.63, 3.8) is 0 Å². The molecule has 3 nitrogen and oxygen atoms in total. The van der Waals surface area contributed by atoms with Gasteiger partial charge in [0.05, 0.1) is 12.7 Å². The first-order valence-electron chi connectivity index (χ1n) is 6.36. The van der Waals surface area contributed by atoms with Crippen molar-refractivity contribution in [2.45, 2.75) is 6.92 Å². The summed E-state index contributed by atoms with van der Waals surface area (Å²) in [5.41, 5.74) is 2.58. The van der Waals surface area contributed by atoms with Gasteiger partial charge in [0.1, 0.15) is 11.5 Å². The quantitative estimate of drug-likeness (QED) is 0.779. The van der Waals surface area contributed by atoms with E-state index in [1.54, 1.807) is 13.2 Å². The summed E-state index contributed by atoms with van der Waals surface area (Å²) in [4.78, 5) is 12.3. The van der Waals surface area contributed by atoms with Crippen LogP contribution in [0.4, 0.5) is 0 Å². The number of benzene rings is 2. The molecular formula is C17H14O3. The van der Waals surface area contributed by atoms with E-state index in [4.69, 9.17) is 9.47 Å². The maximum Gasteiger partial charge on any atom is 0.231 e. The summed E-state index contributed by atoms with van der Waals surface area (Å²) in [6, 6.07) is 13.1. The predicted molar refractivity (Wildman–Crippen MR) is 77.1 cm³/mol. The highest BCUT2D eigenvalue weighted by Crippen LogP contribution is 2.32. The zero-order chi connectivity index (χ0) is 14.1. The van der Waals surface area contributed by atoms with Crippen LogP contribution in [-0.4, -0.2) is 12.9 Å². The highest BCUT2D eigenvalue weighted by atomic mass is 16.5. The molecule has 2 aromatic rings. The highest BCUT2D eigenvalue weighted by molar-refractivity contribution is 6.14. The molecule has 0 spiro atoms. The van der Waals surface area contributed by atoms with E-state index in [0.29, 0.717) is 17.1 Å². The number of ketones is 1. The van der Waals surface area contributed by atoms with Gasteiger partial charge in [-0.15, -0.1) is 0 Å². The van der Waals surface area contributed by atoms with E-state index in [1.807, 2.05) is 49.4 Å². The van der Waals surface area contributed by atoms with Crippen molar-refractivity contribution in [3.8, 4) is 11.5 Å². The van der Waals surface area contributed by atoms with Gasteiger partial charge in [-0.3, -0.25) is 4.79 Å². The molecule has 0 saturated heterocycles. The summed E-state index contributed by atoms with van der Waals surface area (Å²) in [5.74, 6) is 1.69. The molecule has 2 aromatic carbocycles. The molecule has 1 aliphatic heterocycles. The minimum absolute atomic E-state index is 0.0699. The molecule has 0 radical (unpaired) electrons. The second-order valence-electron chi connectivity index (χ2n) is 4.71. The minimum Gasteiger partial charge on any atom is -0.497 e. The minimum atomic E-state index is -0.0699. The number of rotatable bonds is 2. The van der Waals surface area contributed by atoms with Crippen LogP contribution in [0, 0.1) is 6.92 Å². The lowest BCUT2D eigenvalue weighted by atomic mass is 10.1. The fraction of sp³-hybridized carbons (Fsp3) is 0.118. The van der Waals surface area contributed by atoms with Gasteiger partial charge in [-0.25, -0.2) is 0 Å². The van der Waals surface area contributed by atoms with Gasteiger partial charge in [0.25, 0.3) is 0 Å². The van der Waals surface area contributed by atoms with Crippen LogP contribution in [0.1, 0.15) is 21.5 Å². The Morgan fingerprint density at radius 1 is 1.10 bits per heavy atom. The van der Waals surface area contributed by atoms with E-state index in [2.05, 4.69) is 0 Å². The largest absolute Gasteiger partial charge is 0.497 e. The predicted octanol–water partition coefficient (Wildman–Crippen LogP) is 3.62. The fourth-order valence-electron chi connectivity index (χ4n) is 2.15. The normalized spacial score (nSPS) is 15.1. The highest BCUT2D eigenvalue weighted by Gasteiger charge is 2.26. The molecule has 0 unspecified atom stereocenters. The molecule has 0 fully saturated rings. The van der Waals surface area contributed by atoms with E-state index in [-0.39, 0.29) is 5.78 Å². The average Bonchev–Trinajstić information content (AvgIpc) is 2.76. The summed E-state index contributed by atoms with van der Waals surface area (Å²) >= 11 is 0. The van der Waals surface area contributed by atoms with Crippen molar-refractivity contribution in [3.05, 3.63) is 64.9 Å². The Morgan fingerprint density at radius 2 is 1.85 bits per heavy atom. The maximum absolute atomic E-state index is 12.3. The monoisotopic (exact) mass is 266 g/mol. The van der Waals surface area contributed by atoms with Crippen molar-refractivity contribution in [2.24, 2.45) is 0 Å². The Bertz CT molecular complexity index is 697. The van der Waals surface area contributed by atoms with Gasteiger partial charge in [-0.05, 0) is 42.8 Å². The van der Waals surface area contributed by atoms with Crippen LogP contribution in [0.25, 0.3) is 6.08 Å². The maximum atomic E-state index is 12.3. The number of ether oxygens (including phenoxy) is 2.